The average molecular weight is 277 g/mol. The average Bonchev–Trinajstić information content (AvgIpc) is 2.46. The van der Waals surface area contributed by atoms with Gasteiger partial charge in [0, 0.05) is 6.54 Å². The molecule has 1 aromatic carbocycles. The van der Waals surface area contributed by atoms with E-state index in [-0.39, 0.29) is 11.9 Å². The Bertz CT molecular complexity index is 487. The number of Topliss-reactive ketones (excluding diaryl/α,β-unsaturated/α-hetero) is 1. The van der Waals surface area contributed by atoms with Crippen molar-refractivity contribution >= 4 is 11.5 Å². The first-order valence-electron chi connectivity index (χ1n) is 7.14. The Hall–Kier alpha value is -1.55. The van der Waals surface area contributed by atoms with Crippen LogP contribution >= 0.6 is 0 Å². The first-order valence-corrected chi connectivity index (χ1v) is 7.14. The minimum absolute atomic E-state index is 0.0337. The summed E-state index contributed by atoms with van der Waals surface area (Å²) in [6, 6.07) is 6.08. The zero-order chi connectivity index (χ0) is 14.7. The van der Waals surface area contributed by atoms with Crippen LogP contribution in [0.25, 0.3) is 0 Å². The molecular weight excluding hydrogens is 254 g/mol. The second-order valence-corrected chi connectivity index (χ2v) is 5.27. The van der Waals surface area contributed by atoms with Gasteiger partial charge in [0.05, 0.1) is 37.1 Å². The molecule has 0 saturated carbocycles. The van der Waals surface area contributed by atoms with E-state index in [1.54, 1.807) is 14.0 Å². The normalized spacial score (nSPS) is 22.7. The zero-order valence-corrected chi connectivity index (χ0v) is 12.7. The van der Waals surface area contributed by atoms with E-state index >= 15 is 0 Å². The summed E-state index contributed by atoms with van der Waals surface area (Å²) in [6.07, 6.45) is 1.16. The lowest BCUT2D eigenvalue weighted by molar-refractivity contribution is 0.0298. The van der Waals surface area contributed by atoms with Crippen LogP contribution in [0.3, 0.4) is 0 Å². The quantitative estimate of drug-likeness (QED) is 0.793. The topological polar surface area (TPSA) is 38.8 Å². The molecule has 0 bridgehead atoms. The summed E-state index contributed by atoms with van der Waals surface area (Å²) in [5, 5.41) is 0. The number of anilines is 1. The van der Waals surface area contributed by atoms with Crippen molar-refractivity contribution in [2.45, 2.75) is 39.3 Å². The minimum Gasteiger partial charge on any atom is -0.496 e. The molecule has 0 N–H and O–H groups in total. The van der Waals surface area contributed by atoms with E-state index in [1.807, 2.05) is 18.2 Å². The van der Waals surface area contributed by atoms with E-state index in [2.05, 4.69) is 18.7 Å². The Morgan fingerprint density at radius 1 is 1.50 bits per heavy atom. The molecule has 0 radical (unpaired) electrons. The second kappa shape index (κ2) is 6.27. The van der Waals surface area contributed by atoms with Gasteiger partial charge in [-0.15, -0.1) is 0 Å². The molecule has 1 aliphatic heterocycles. The van der Waals surface area contributed by atoms with Crippen molar-refractivity contribution in [1.82, 2.24) is 0 Å². The SMILES string of the molecule is CCC1COC(C)CN1c1cccc(OC)c1C(C)=O. The lowest BCUT2D eigenvalue weighted by Crippen LogP contribution is -2.49. The third kappa shape index (κ3) is 2.80. The van der Waals surface area contributed by atoms with E-state index < -0.39 is 0 Å². The number of ether oxygens (including phenoxy) is 2. The molecule has 0 spiro atoms. The number of carbonyl (C=O) groups is 1. The molecule has 0 aliphatic carbocycles. The van der Waals surface area contributed by atoms with Gasteiger partial charge < -0.3 is 14.4 Å². The monoisotopic (exact) mass is 277 g/mol. The van der Waals surface area contributed by atoms with Gasteiger partial charge >= 0.3 is 0 Å². The van der Waals surface area contributed by atoms with E-state index in [9.17, 15) is 4.79 Å². The lowest BCUT2D eigenvalue weighted by Gasteiger charge is -2.40. The van der Waals surface area contributed by atoms with Crippen molar-refractivity contribution < 1.29 is 14.3 Å². The maximum Gasteiger partial charge on any atom is 0.165 e. The van der Waals surface area contributed by atoms with Crippen LogP contribution < -0.4 is 9.64 Å². The number of benzene rings is 1. The van der Waals surface area contributed by atoms with Crippen LogP contribution in [0, 0.1) is 0 Å². The highest BCUT2D eigenvalue weighted by atomic mass is 16.5. The van der Waals surface area contributed by atoms with Crippen LogP contribution in [-0.4, -0.2) is 38.2 Å². The summed E-state index contributed by atoms with van der Waals surface area (Å²) >= 11 is 0. The van der Waals surface area contributed by atoms with Gasteiger partial charge in [0.1, 0.15) is 5.75 Å². The lowest BCUT2D eigenvalue weighted by atomic mass is 10.0. The van der Waals surface area contributed by atoms with Gasteiger partial charge in [-0.05, 0) is 32.4 Å². The van der Waals surface area contributed by atoms with Crippen LogP contribution in [0.1, 0.15) is 37.6 Å². The van der Waals surface area contributed by atoms with Crippen molar-refractivity contribution in [3.8, 4) is 5.75 Å². The van der Waals surface area contributed by atoms with Crippen molar-refractivity contribution in [2.75, 3.05) is 25.2 Å². The Labute approximate surface area is 120 Å². The Kier molecular flexibility index (Phi) is 4.65. The molecule has 2 rings (SSSR count). The fourth-order valence-corrected chi connectivity index (χ4v) is 2.76. The Balaban J connectivity index is 2.46. The molecule has 0 aromatic heterocycles. The summed E-state index contributed by atoms with van der Waals surface area (Å²) in [7, 11) is 1.60. The molecule has 1 heterocycles. The Morgan fingerprint density at radius 2 is 2.25 bits per heavy atom. The predicted molar refractivity (Wildman–Crippen MR) is 79.8 cm³/mol. The van der Waals surface area contributed by atoms with Gasteiger partial charge in [-0.2, -0.15) is 0 Å². The fraction of sp³-hybridized carbons (Fsp3) is 0.562. The van der Waals surface area contributed by atoms with Crippen LogP contribution in [0.2, 0.25) is 0 Å². The summed E-state index contributed by atoms with van der Waals surface area (Å²) < 4.78 is 11.1. The minimum atomic E-state index is 0.0337. The number of nitrogens with zero attached hydrogens (tertiary/aromatic N) is 1. The molecule has 1 saturated heterocycles. The molecule has 2 unspecified atom stereocenters. The zero-order valence-electron chi connectivity index (χ0n) is 12.7. The first kappa shape index (κ1) is 14.9. The molecule has 0 amide bonds. The fourth-order valence-electron chi connectivity index (χ4n) is 2.76. The summed E-state index contributed by atoms with van der Waals surface area (Å²) in [4.78, 5) is 14.3. The number of ketones is 1. The predicted octanol–water partition coefficient (Wildman–Crippen LogP) is 2.90. The van der Waals surface area contributed by atoms with E-state index in [1.165, 1.54) is 0 Å². The van der Waals surface area contributed by atoms with Gasteiger partial charge in [0.15, 0.2) is 5.78 Å². The number of rotatable bonds is 4. The summed E-state index contributed by atoms with van der Waals surface area (Å²) in [5.41, 5.74) is 1.63. The van der Waals surface area contributed by atoms with Crippen LogP contribution in [0.5, 0.6) is 5.75 Å². The number of hydrogen-bond acceptors (Lipinski definition) is 4. The maximum atomic E-state index is 12.0. The van der Waals surface area contributed by atoms with Gasteiger partial charge in [0.2, 0.25) is 0 Å². The standard InChI is InChI=1S/C16H23NO3/c1-5-13-10-20-11(2)9-17(13)14-7-6-8-15(19-4)16(14)12(3)18/h6-8,11,13H,5,9-10H2,1-4H3. The van der Waals surface area contributed by atoms with Crippen LogP contribution in [-0.2, 0) is 4.74 Å². The largest absolute Gasteiger partial charge is 0.496 e. The van der Waals surface area contributed by atoms with E-state index in [0.29, 0.717) is 24.0 Å². The first-order chi connectivity index (χ1) is 9.58. The van der Waals surface area contributed by atoms with Crippen molar-refractivity contribution in [2.24, 2.45) is 0 Å². The smallest absolute Gasteiger partial charge is 0.165 e. The molecule has 4 nitrogen and oxygen atoms in total. The molecule has 4 heteroatoms. The highest BCUT2D eigenvalue weighted by Gasteiger charge is 2.29. The highest BCUT2D eigenvalue weighted by Crippen LogP contribution is 2.33. The van der Waals surface area contributed by atoms with Gasteiger partial charge in [-0.1, -0.05) is 13.0 Å². The summed E-state index contributed by atoms with van der Waals surface area (Å²) in [5.74, 6) is 0.676. The molecule has 110 valence electrons. The third-order valence-corrected chi connectivity index (χ3v) is 3.82. The van der Waals surface area contributed by atoms with Gasteiger partial charge in [0.25, 0.3) is 0 Å². The molecule has 20 heavy (non-hydrogen) atoms. The second-order valence-electron chi connectivity index (χ2n) is 5.27. The van der Waals surface area contributed by atoms with Crippen molar-refractivity contribution in [1.29, 1.82) is 0 Å². The van der Waals surface area contributed by atoms with Gasteiger partial charge in [-0.3, -0.25) is 4.79 Å². The molecule has 1 aromatic rings. The number of carbonyl (C=O) groups excluding carboxylic acids is 1. The van der Waals surface area contributed by atoms with Crippen molar-refractivity contribution in [3.63, 3.8) is 0 Å². The molecule has 1 fully saturated rings. The number of methoxy groups -OCH3 is 1. The van der Waals surface area contributed by atoms with Crippen LogP contribution in [0.15, 0.2) is 18.2 Å². The summed E-state index contributed by atoms with van der Waals surface area (Å²) in [6.45, 7) is 7.29. The van der Waals surface area contributed by atoms with E-state index in [0.717, 1.165) is 18.7 Å². The highest BCUT2D eigenvalue weighted by molar-refractivity contribution is 6.02. The molecular formula is C16H23NO3. The third-order valence-electron chi connectivity index (χ3n) is 3.82. The van der Waals surface area contributed by atoms with Gasteiger partial charge in [-0.25, -0.2) is 0 Å². The van der Waals surface area contributed by atoms with Crippen molar-refractivity contribution in [3.05, 3.63) is 23.8 Å². The number of morpholine rings is 1. The number of hydrogen-bond donors (Lipinski definition) is 0. The molecule has 1 aliphatic rings. The maximum absolute atomic E-state index is 12.0. The Morgan fingerprint density at radius 3 is 2.85 bits per heavy atom. The molecule has 2 atom stereocenters. The van der Waals surface area contributed by atoms with Crippen LogP contribution in [0.4, 0.5) is 5.69 Å². The van der Waals surface area contributed by atoms with E-state index in [4.69, 9.17) is 9.47 Å².